The van der Waals surface area contributed by atoms with Gasteiger partial charge in [-0.05, 0) is 19.3 Å². The average molecular weight is 332 g/mol. The summed E-state index contributed by atoms with van der Waals surface area (Å²) in [4.78, 5) is 16.7. The van der Waals surface area contributed by atoms with Crippen LogP contribution in [0.5, 0.6) is 0 Å². The van der Waals surface area contributed by atoms with Crippen molar-refractivity contribution in [2.24, 2.45) is 5.92 Å². The maximum atomic E-state index is 12.5. The van der Waals surface area contributed by atoms with Crippen molar-refractivity contribution in [1.82, 2.24) is 9.80 Å². The molecular formula is C15H28N2O4S. The molecule has 128 valence electrons. The molecule has 2 fully saturated rings. The molecule has 2 heterocycles. The topological polar surface area (TPSA) is 66.9 Å². The molecule has 0 unspecified atom stereocenters. The molecule has 2 saturated heterocycles. The van der Waals surface area contributed by atoms with Crippen molar-refractivity contribution in [2.75, 3.05) is 45.1 Å². The second kappa shape index (κ2) is 7.27. The van der Waals surface area contributed by atoms with E-state index in [1.807, 2.05) is 6.92 Å². The highest BCUT2D eigenvalue weighted by Gasteiger charge is 2.40. The maximum Gasteiger partial charge on any atom is 0.240 e. The molecule has 0 aromatic carbocycles. The number of sulfone groups is 1. The molecule has 2 rings (SSSR count). The van der Waals surface area contributed by atoms with E-state index in [0.29, 0.717) is 31.5 Å². The zero-order valence-corrected chi connectivity index (χ0v) is 14.6. The zero-order chi connectivity index (χ0) is 16.3. The minimum atomic E-state index is -3.33. The SMILES string of the molecule is CCCS(=O)(=O)[C@H](C)C(=O)N1C[C@@H](N2CCOCC2)[C@@H](C)C1. The molecule has 3 atom stereocenters. The number of carbonyl (C=O) groups excluding carboxylic acids is 1. The van der Waals surface area contributed by atoms with Gasteiger partial charge in [0.25, 0.3) is 0 Å². The highest BCUT2D eigenvalue weighted by atomic mass is 32.2. The van der Waals surface area contributed by atoms with Crippen LogP contribution in [0.15, 0.2) is 0 Å². The van der Waals surface area contributed by atoms with E-state index in [2.05, 4.69) is 11.8 Å². The number of morpholine rings is 1. The highest BCUT2D eigenvalue weighted by Crippen LogP contribution is 2.24. The Kier molecular flexibility index (Phi) is 5.85. The van der Waals surface area contributed by atoms with E-state index >= 15 is 0 Å². The van der Waals surface area contributed by atoms with Gasteiger partial charge in [-0.15, -0.1) is 0 Å². The van der Waals surface area contributed by atoms with Crippen LogP contribution in [0.25, 0.3) is 0 Å². The fourth-order valence-corrected chi connectivity index (χ4v) is 4.76. The first kappa shape index (κ1) is 17.7. The van der Waals surface area contributed by atoms with E-state index in [-0.39, 0.29) is 11.7 Å². The van der Waals surface area contributed by atoms with Crippen LogP contribution < -0.4 is 0 Å². The number of rotatable bonds is 5. The summed E-state index contributed by atoms with van der Waals surface area (Å²) in [5.41, 5.74) is 0. The Morgan fingerprint density at radius 1 is 1.27 bits per heavy atom. The lowest BCUT2D eigenvalue weighted by molar-refractivity contribution is -0.129. The second-order valence-electron chi connectivity index (χ2n) is 6.45. The van der Waals surface area contributed by atoms with Crippen molar-refractivity contribution in [3.8, 4) is 0 Å². The highest BCUT2D eigenvalue weighted by molar-refractivity contribution is 7.92. The van der Waals surface area contributed by atoms with E-state index in [0.717, 1.165) is 26.3 Å². The molecule has 0 aromatic heterocycles. The third-order valence-corrected chi connectivity index (χ3v) is 7.03. The number of nitrogens with zero attached hydrogens (tertiary/aromatic N) is 2. The quantitative estimate of drug-likeness (QED) is 0.728. The van der Waals surface area contributed by atoms with Crippen LogP contribution in [0.2, 0.25) is 0 Å². The average Bonchev–Trinajstić information content (AvgIpc) is 2.88. The summed E-state index contributed by atoms with van der Waals surface area (Å²) in [6.45, 7) is 10.0. The molecule has 6 nitrogen and oxygen atoms in total. The molecule has 0 aromatic rings. The largest absolute Gasteiger partial charge is 0.379 e. The molecule has 2 aliphatic rings. The zero-order valence-electron chi connectivity index (χ0n) is 13.8. The maximum absolute atomic E-state index is 12.5. The van der Waals surface area contributed by atoms with Gasteiger partial charge in [0, 0.05) is 32.2 Å². The predicted molar refractivity (Wildman–Crippen MR) is 85.5 cm³/mol. The van der Waals surface area contributed by atoms with Crippen LogP contribution in [0.4, 0.5) is 0 Å². The van der Waals surface area contributed by atoms with Gasteiger partial charge in [0.2, 0.25) is 5.91 Å². The van der Waals surface area contributed by atoms with Crippen molar-refractivity contribution >= 4 is 15.7 Å². The molecular weight excluding hydrogens is 304 g/mol. The Morgan fingerprint density at radius 2 is 1.91 bits per heavy atom. The van der Waals surface area contributed by atoms with E-state index in [1.165, 1.54) is 6.92 Å². The fraction of sp³-hybridized carbons (Fsp3) is 0.933. The van der Waals surface area contributed by atoms with E-state index in [4.69, 9.17) is 4.74 Å². The third kappa shape index (κ3) is 3.81. The smallest absolute Gasteiger partial charge is 0.240 e. The van der Waals surface area contributed by atoms with Crippen molar-refractivity contribution in [2.45, 2.75) is 38.5 Å². The van der Waals surface area contributed by atoms with Gasteiger partial charge in [0.15, 0.2) is 9.84 Å². The lowest BCUT2D eigenvalue weighted by Gasteiger charge is -2.34. The summed E-state index contributed by atoms with van der Waals surface area (Å²) < 4.78 is 29.6. The monoisotopic (exact) mass is 332 g/mol. The van der Waals surface area contributed by atoms with Gasteiger partial charge in [-0.2, -0.15) is 0 Å². The standard InChI is InChI=1S/C15H28N2O4S/c1-4-9-22(19,20)13(3)15(18)17-10-12(2)14(11-17)16-5-7-21-8-6-16/h12-14H,4-11H2,1-3H3/t12-,13+,14+/m0/s1. The lowest BCUT2D eigenvalue weighted by atomic mass is 10.0. The van der Waals surface area contributed by atoms with Gasteiger partial charge in [-0.3, -0.25) is 9.69 Å². The van der Waals surface area contributed by atoms with Crippen molar-refractivity contribution in [1.29, 1.82) is 0 Å². The molecule has 7 heteroatoms. The summed E-state index contributed by atoms with van der Waals surface area (Å²) in [6, 6.07) is 0.314. The number of hydrogen-bond donors (Lipinski definition) is 0. The summed E-state index contributed by atoms with van der Waals surface area (Å²) in [5.74, 6) is 0.204. The molecule has 0 radical (unpaired) electrons. The van der Waals surface area contributed by atoms with Crippen LogP contribution in [0.3, 0.4) is 0 Å². The van der Waals surface area contributed by atoms with E-state index in [1.54, 1.807) is 4.90 Å². The number of likely N-dealkylation sites (tertiary alicyclic amines) is 1. The lowest BCUT2D eigenvalue weighted by Crippen LogP contribution is -2.47. The molecule has 2 aliphatic heterocycles. The molecule has 0 N–H and O–H groups in total. The summed E-state index contributed by atoms with van der Waals surface area (Å²) >= 11 is 0. The van der Waals surface area contributed by atoms with Gasteiger partial charge >= 0.3 is 0 Å². The van der Waals surface area contributed by atoms with E-state index < -0.39 is 15.1 Å². The van der Waals surface area contributed by atoms with Crippen LogP contribution in [-0.2, 0) is 19.4 Å². The number of amides is 1. The summed E-state index contributed by atoms with van der Waals surface area (Å²) in [7, 11) is -3.33. The van der Waals surface area contributed by atoms with E-state index in [9.17, 15) is 13.2 Å². The molecule has 1 amide bonds. The fourth-order valence-electron chi connectivity index (χ4n) is 3.39. The van der Waals surface area contributed by atoms with Gasteiger partial charge < -0.3 is 9.64 Å². The van der Waals surface area contributed by atoms with Crippen LogP contribution in [-0.4, -0.2) is 80.6 Å². The van der Waals surface area contributed by atoms with Crippen LogP contribution in [0.1, 0.15) is 27.2 Å². The van der Waals surface area contributed by atoms with Gasteiger partial charge in [0.1, 0.15) is 5.25 Å². The molecule has 0 saturated carbocycles. The molecule has 22 heavy (non-hydrogen) atoms. The summed E-state index contributed by atoms with van der Waals surface area (Å²) in [5, 5.41) is -0.928. The molecule has 0 spiro atoms. The minimum absolute atomic E-state index is 0.0796. The van der Waals surface area contributed by atoms with Gasteiger partial charge in [-0.25, -0.2) is 8.42 Å². The molecule has 0 bridgehead atoms. The van der Waals surface area contributed by atoms with Crippen LogP contribution in [0, 0.1) is 5.92 Å². The summed E-state index contributed by atoms with van der Waals surface area (Å²) in [6.07, 6.45) is 0.548. The van der Waals surface area contributed by atoms with Crippen molar-refractivity contribution in [3.05, 3.63) is 0 Å². The third-order valence-electron chi connectivity index (χ3n) is 4.77. The molecule has 0 aliphatic carbocycles. The predicted octanol–water partition coefficient (Wildman–Crippen LogP) is 0.379. The first-order valence-electron chi connectivity index (χ1n) is 8.19. The number of carbonyl (C=O) groups is 1. The Balaban J connectivity index is 2.00. The number of hydrogen-bond acceptors (Lipinski definition) is 5. The minimum Gasteiger partial charge on any atom is -0.379 e. The Hall–Kier alpha value is -0.660. The van der Waals surface area contributed by atoms with Crippen molar-refractivity contribution < 1.29 is 17.9 Å². The normalized spacial score (nSPS) is 28.8. The van der Waals surface area contributed by atoms with Gasteiger partial charge in [0.05, 0.1) is 19.0 Å². The van der Waals surface area contributed by atoms with Gasteiger partial charge in [-0.1, -0.05) is 13.8 Å². The van der Waals surface area contributed by atoms with Crippen molar-refractivity contribution in [3.63, 3.8) is 0 Å². The Morgan fingerprint density at radius 3 is 2.50 bits per heavy atom. The number of ether oxygens (including phenoxy) is 1. The first-order chi connectivity index (χ1) is 10.4. The van der Waals surface area contributed by atoms with Crippen LogP contribution >= 0.6 is 0 Å². The first-order valence-corrected chi connectivity index (χ1v) is 9.90. The Labute approximate surface area is 133 Å². The Bertz CT molecular complexity index is 488. The second-order valence-corrected chi connectivity index (χ2v) is 8.89.